The van der Waals surface area contributed by atoms with Crippen LogP contribution >= 0.6 is 11.3 Å². The smallest absolute Gasteiger partial charge is 0.340 e. The van der Waals surface area contributed by atoms with Gasteiger partial charge in [-0.15, -0.1) is 11.3 Å². The largest absolute Gasteiger partial charge is 0.478 e. The van der Waals surface area contributed by atoms with Crippen LogP contribution in [0.4, 0.5) is 0 Å². The molecule has 2 heterocycles. The van der Waals surface area contributed by atoms with Crippen LogP contribution in [0.1, 0.15) is 28.3 Å². The van der Waals surface area contributed by atoms with Crippen LogP contribution in [0.15, 0.2) is 22.8 Å². The second kappa shape index (κ2) is 5.07. The number of carbonyl (C=O) groups is 1. The normalized spacial score (nSPS) is 13.3. The molecule has 0 radical (unpaired) electrons. The summed E-state index contributed by atoms with van der Waals surface area (Å²) in [5.74, 6) is -1.36. The molecule has 0 aliphatic heterocycles. The Balaban J connectivity index is 2.28. The van der Waals surface area contributed by atoms with Gasteiger partial charge in [-0.1, -0.05) is 0 Å². The second-order valence-electron chi connectivity index (χ2n) is 3.63. The van der Waals surface area contributed by atoms with Crippen LogP contribution in [-0.2, 0) is 10.0 Å². The number of rotatable bonds is 5. The highest BCUT2D eigenvalue weighted by molar-refractivity contribution is 7.89. The van der Waals surface area contributed by atoms with Gasteiger partial charge < -0.3 is 5.11 Å². The van der Waals surface area contributed by atoms with E-state index in [0.717, 1.165) is 6.20 Å². The maximum atomic E-state index is 12.1. The molecule has 0 saturated carbocycles. The Hall–Kier alpha value is -1.78. The van der Waals surface area contributed by atoms with Gasteiger partial charge in [0.05, 0.1) is 12.2 Å². The molecule has 0 amide bonds. The maximum Gasteiger partial charge on any atom is 0.340 e. The molecule has 0 aliphatic carbocycles. The van der Waals surface area contributed by atoms with Crippen molar-refractivity contribution >= 4 is 27.3 Å². The summed E-state index contributed by atoms with van der Waals surface area (Å²) < 4.78 is 26.5. The lowest BCUT2D eigenvalue weighted by Gasteiger charge is -2.10. The second-order valence-corrected chi connectivity index (χ2v) is 6.21. The maximum absolute atomic E-state index is 12.1. The summed E-state index contributed by atoms with van der Waals surface area (Å²) in [5, 5.41) is 16.3. The summed E-state index contributed by atoms with van der Waals surface area (Å²) in [4.78, 5) is 14.9. The van der Waals surface area contributed by atoms with Gasteiger partial charge in [-0.05, 0) is 6.92 Å². The third-order valence-electron chi connectivity index (χ3n) is 2.26. The summed E-state index contributed by atoms with van der Waals surface area (Å²) in [6.07, 6.45) is 2.51. The zero-order chi connectivity index (χ0) is 14.0. The summed E-state index contributed by atoms with van der Waals surface area (Å²) in [5.41, 5.74) is -0.404. The van der Waals surface area contributed by atoms with Gasteiger partial charge in [-0.3, -0.25) is 5.10 Å². The quantitative estimate of drug-likeness (QED) is 0.743. The molecule has 2 rings (SSSR count). The molecule has 0 aromatic carbocycles. The molecular formula is C9H10N4O4S2. The van der Waals surface area contributed by atoms with Gasteiger partial charge in [0.2, 0.25) is 0 Å². The summed E-state index contributed by atoms with van der Waals surface area (Å²) >= 11 is 1.30. The van der Waals surface area contributed by atoms with E-state index in [9.17, 15) is 13.2 Å². The topological polar surface area (TPSA) is 125 Å². The number of hydrogen-bond acceptors (Lipinski definition) is 6. The van der Waals surface area contributed by atoms with Crippen LogP contribution in [-0.4, -0.2) is 34.7 Å². The van der Waals surface area contributed by atoms with E-state index in [-0.39, 0.29) is 0 Å². The first-order valence-electron chi connectivity index (χ1n) is 5.10. The first-order valence-corrected chi connectivity index (χ1v) is 7.46. The minimum absolute atomic E-state index is 0.404. The minimum atomic E-state index is -4.00. The molecule has 2 aromatic rings. The van der Waals surface area contributed by atoms with E-state index < -0.39 is 32.6 Å². The van der Waals surface area contributed by atoms with Crippen LogP contribution in [0.5, 0.6) is 0 Å². The van der Waals surface area contributed by atoms with Crippen molar-refractivity contribution in [3.05, 3.63) is 28.3 Å². The predicted molar refractivity (Wildman–Crippen MR) is 66.4 cm³/mol. The van der Waals surface area contributed by atoms with E-state index in [1.807, 2.05) is 0 Å². The van der Waals surface area contributed by atoms with Crippen LogP contribution in [0.3, 0.4) is 0 Å². The number of aromatic amines is 1. The number of carboxylic acids is 1. The van der Waals surface area contributed by atoms with Crippen molar-refractivity contribution in [2.75, 3.05) is 0 Å². The standard InChI is InChI=1S/C9H10N4O4S2/c1-5(7-10-2-3-18-7)13-19(16,17)8-6(9(14)15)4-11-12-8/h2-5,13H,1H3,(H,11,12)(H,14,15). The lowest BCUT2D eigenvalue weighted by atomic mass is 10.4. The number of sulfonamides is 1. The number of nitrogens with one attached hydrogen (secondary N) is 2. The van der Waals surface area contributed by atoms with Gasteiger partial charge >= 0.3 is 5.97 Å². The fourth-order valence-electron chi connectivity index (χ4n) is 1.42. The molecule has 0 fully saturated rings. The molecule has 19 heavy (non-hydrogen) atoms. The number of aromatic carboxylic acids is 1. The molecule has 102 valence electrons. The third-order valence-corrected chi connectivity index (χ3v) is 4.73. The van der Waals surface area contributed by atoms with Gasteiger partial charge in [0.1, 0.15) is 10.6 Å². The number of nitrogens with zero attached hydrogens (tertiary/aromatic N) is 2. The average molecular weight is 302 g/mol. The Kier molecular flexibility index (Phi) is 3.64. The van der Waals surface area contributed by atoms with E-state index >= 15 is 0 Å². The Bertz CT molecular complexity index is 677. The molecule has 3 N–H and O–H groups in total. The predicted octanol–water partition coefficient (Wildman–Crippen LogP) is 0.604. The minimum Gasteiger partial charge on any atom is -0.478 e. The van der Waals surface area contributed by atoms with Crippen LogP contribution < -0.4 is 4.72 Å². The van der Waals surface area contributed by atoms with Crippen molar-refractivity contribution in [3.63, 3.8) is 0 Å². The molecule has 0 saturated heterocycles. The molecule has 0 bridgehead atoms. The molecule has 1 atom stereocenters. The van der Waals surface area contributed by atoms with Crippen LogP contribution in [0, 0.1) is 0 Å². The third kappa shape index (κ3) is 2.80. The van der Waals surface area contributed by atoms with Crippen molar-refractivity contribution in [2.24, 2.45) is 0 Å². The Morgan fingerprint density at radius 1 is 1.58 bits per heavy atom. The van der Waals surface area contributed by atoms with Crippen molar-refractivity contribution in [2.45, 2.75) is 18.0 Å². The fraction of sp³-hybridized carbons (Fsp3) is 0.222. The van der Waals surface area contributed by atoms with Crippen LogP contribution in [0.25, 0.3) is 0 Å². The number of aromatic nitrogens is 3. The zero-order valence-corrected chi connectivity index (χ0v) is 11.3. The van der Waals surface area contributed by atoms with Crippen molar-refractivity contribution in [1.82, 2.24) is 19.9 Å². The van der Waals surface area contributed by atoms with E-state index in [1.54, 1.807) is 18.5 Å². The number of H-pyrrole nitrogens is 1. The first kappa shape index (κ1) is 13.6. The fourth-order valence-corrected chi connectivity index (χ4v) is 3.44. The molecule has 10 heteroatoms. The summed E-state index contributed by atoms with van der Waals surface area (Å²) in [6, 6.07) is -0.560. The Labute approximate surface area is 112 Å². The monoisotopic (exact) mass is 302 g/mol. The SMILES string of the molecule is CC(NS(=O)(=O)c1[nH]ncc1C(=O)O)c1nccs1. The molecule has 8 nitrogen and oxygen atoms in total. The van der Waals surface area contributed by atoms with Crippen LogP contribution in [0.2, 0.25) is 0 Å². The zero-order valence-electron chi connectivity index (χ0n) is 9.69. The highest BCUT2D eigenvalue weighted by atomic mass is 32.2. The van der Waals surface area contributed by atoms with Crippen molar-refractivity contribution in [1.29, 1.82) is 0 Å². The highest BCUT2D eigenvalue weighted by Gasteiger charge is 2.27. The van der Waals surface area contributed by atoms with E-state index in [2.05, 4.69) is 19.9 Å². The summed E-state index contributed by atoms with van der Waals surface area (Å²) in [7, 11) is -4.00. The Morgan fingerprint density at radius 2 is 2.32 bits per heavy atom. The van der Waals surface area contributed by atoms with Gasteiger partial charge in [-0.2, -0.15) is 5.10 Å². The lowest BCUT2D eigenvalue weighted by Crippen LogP contribution is -2.28. The Morgan fingerprint density at radius 3 is 2.89 bits per heavy atom. The molecule has 2 aromatic heterocycles. The van der Waals surface area contributed by atoms with Crippen molar-refractivity contribution < 1.29 is 18.3 Å². The van der Waals surface area contributed by atoms with Gasteiger partial charge in [-0.25, -0.2) is 22.9 Å². The van der Waals surface area contributed by atoms with Gasteiger partial charge in [0.25, 0.3) is 10.0 Å². The molecule has 1 unspecified atom stereocenters. The first-order chi connectivity index (χ1) is 8.92. The van der Waals surface area contributed by atoms with E-state index in [4.69, 9.17) is 5.11 Å². The molecular weight excluding hydrogens is 292 g/mol. The molecule has 0 aliphatic rings. The lowest BCUT2D eigenvalue weighted by molar-refractivity contribution is 0.0692. The number of carboxylic acid groups (broad SMARTS) is 1. The average Bonchev–Trinajstić information content (AvgIpc) is 3.00. The summed E-state index contributed by atoms with van der Waals surface area (Å²) in [6.45, 7) is 1.62. The number of thiazole rings is 1. The van der Waals surface area contributed by atoms with E-state index in [1.165, 1.54) is 11.3 Å². The highest BCUT2D eigenvalue weighted by Crippen LogP contribution is 2.19. The van der Waals surface area contributed by atoms with Gasteiger partial charge in [0.15, 0.2) is 5.03 Å². The van der Waals surface area contributed by atoms with Gasteiger partial charge in [0, 0.05) is 11.6 Å². The van der Waals surface area contributed by atoms with E-state index in [0.29, 0.717) is 5.01 Å². The van der Waals surface area contributed by atoms with Crippen molar-refractivity contribution in [3.8, 4) is 0 Å². The molecule has 0 spiro atoms. The number of hydrogen-bond donors (Lipinski definition) is 3.